The van der Waals surface area contributed by atoms with Crippen molar-refractivity contribution in [2.75, 3.05) is 26.7 Å². The molecule has 0 saturated heterocycles. The van der Waals surface area contributed by atoms with Gasteiger partial charge in [-0.3, -0.25) is 0 Å². The van der Waals surface area contributed by atoms with E-state index in [9.17, 15) is 4.79 Å². The van der Waals surface area contributed by atoms with Crippen LogP contribution in [-0.4, -0.2) is 43.3 Å². The highest BCUT2D eigenvalue weighted by Gasteiger charge is 2.15. The molecular weight excluding hydrogens is 336 g/mol. The largest absolute Gasteiger partial charge is 0.444 e. The number of hydrogen-bond acceptors (Lipinski definition) is 5. The molecule has 0 bridgehead atoms. The lowest BCUT2D eigenvalue weighted by atomic mass is 10.2. The Morgan fingerprint density at radius 2 is 1.96 bits per heavy atom. The minimum Gasteiger partial charge on any atom is -0.444 e. The molecule has 0 atom stereocenters. The highest BCUT2D eigenvalue weighted by Crippen LogP contribution is 2.08. The average molecular weight is 367 g/mol. The number of likely N-dealkylation sites (N-methyl/N-ethyl adjacent to an activating group) is 1. The van der Waals surface area contributed by atoms with Crippen LogP contribution in [0.4, 0.5) is 4.79 Å². The first-order valence-corrected chi connectivity index (χ1v) is 8.96. The van der Waals surface area contributed by atoms with E-state index < -0.39 is 5.60 Å². The third kappa shape index (κ3) is 10.0. The van der Waals surface area contributed by atoms with E-state index in [4.69, 9.17) is 9.47 Å². The van der Waals surface area contributed by atoms with Gasteiger partial charge in [-0.15, -0.1) is 12.6 Å². The molecule has 140 valence electrons. The summed E-state index contributed by atoms with van der Waals surface area (Å²) in [4.78, 5) is 13.7. The number of ether oxygens (including phenoxy) is 2. The second kappa shape index (κ2) is 11.1. The van der Waals surface area contributed by atoms with Crippen LogP contribution in [0.15, 0.2) is 41.4 Å². The molecule has 1 rings (SSSR count). The summed E-state index contributed by atoms with van der Waals surface area (Å²) in [5.74, 6) is 0. The summed E-state index contributed by atoms with van der Waals surface area (Å²) in [6, 6.07) is 10.1. The molecule has 0 aliphatic heterocycles. The van der Waals surface area contributed by atoms with Gasteiger partial charge in [0.2, 0.25) is 0 Å². The first-order chi connectivity index (χ1) is 11.8. The zero-order chi connectivity index (χ0) is 18.7. The second-order valence-electron chi connectivity index (χ2n) is 6.80. The first-order valence-electron chi connectivity index (χ1n) is 8.44. The molecule has 0 saturated carbocycles. The normalized spacial score (nSPS) is 12.0. The fourth-order valence-corrected chi connectivity index (χ4v) is 2.33. The molecule has 0 aliphatic rings. The number of benzene rings is 1. The van der Waals surface area contributed by atoms with Crippen molar-refractivity contribution in [2.45, 2.75) is 39.4 Å². The van der Waals surface area contributed by atoms with Gasteiger partial charge >= 0.3 is 6.09 Å². The Bertz CT molecular complexity index is 541. The van der Waals surface area contributed by atoms with Gasteiger partial charge in [0.25, 0.3) is 0 Å². The van der Waals surface area contributed by atoms with E-state index in [2.05, 4.69) is 22.8 Å². The third-order valence-corrected chi connectivity index (χ3v) is 3.64. The molecule has 1 aromatic carbocycles. The summed E-state index contributed by atoms with van der Waals surface area (Å²) in [5.41, 5.74) is 1.67. The Balaban J connectivity index is 2.23. The van der Waals surface area contributed by atoms with Gasteiger partial charge in [0.05, 0.1) is 13.2 Å². The van der Waals surface area contributed by atoms with E-state index in [-0.39, 0.29) is 6.09 Å². The molecule has 1 N–H and O–H groups in total. The number of rotatable bonds is 9. The van der Waals surface area contributed by atoms with Crippen molar-refractivity contribution in [3.05, 3.63) is 47.0 Å². The van der Waals surface area contributed by atoms with E-state index in [1.54, 1.807) is 5.41 Å². The molecule has 5 nitrogen and oxygen atoms in total. The molecule has 0 aliphatic carbocycles. The van der Waals surface area contributed by atoms with Gasteiger partial charge in [-0.25, -0.2) is 4.79 Å². The Hall–Kier alpha value is -1.66. The van der Waals surface area contributed by atoms with Gasteiger partial charge in [0.15, 0.2) is 0 Å². The summed E-state index contributed by atoms with van der Waals surface area (Å²) in [5, 5.41) is 4.51. The minimum atomic E-state index is -0.473. The molecule has 0 aromatic heterocycles. The fraction of sp³-hybridized carbons (Fsp3) is 0.526. The van der Waals surface area contributed by atoms with Crippen molar-refractivity contribution in [3.8, 4) is 0 Å². The van der Waals surface area contributed by atoms with Crippen LogP contribution in [0.25, 0.3) is 0 Å². The highest BCUT2D eigenvalue weighted by molar-refractivity contribution is 7.83. The Labute approximate surface area is 156 Å². The van der Waals surface area contributed by atoms with E-state index in [0.29, 0.717) is 19.8 Å². The van der Waals surface area contributed by atoms with Crippen LogP contribution in [0, 0.1) is 0 Å². The summed E-state index contributed by atoms with van der Waals surface area (Å²) in [7, 11) is 1.99. The van der Waals surface area contributed by atoms with Gasteiger partial charge in [-0.05, 0) is 38.2 Å². The predicted octanol–water partition coefficient (Wildman–Crippen LogP) is 3.82. The van der Waals surface area contributed by atoms with Crippen LogP contribution in [0.3, 0.4) is 0 Å². The summed E-state index contributed by atoms with van der Waals surface area (Å²) in [6.07, 6.45) is 0.422. The van der Waals surface area contributed by atoms with Crippen molar-refractivity contribution in [2.24, 2.45) is 0 Å². The third-order valence-electron chi connectivity index (χ3n) is 3.34. The van der Waals surface area contributed by atoms with Crippen molar-refractivity contribution >= 4 is 18.7 Å². The monoisotopic (exact) mass is 366 g/mol. The summed E-state index contributed by atoms with van der Waals surface area (Å²) < 4.78 is 10.9. The molecule has 0 spiro atoms. The van der Waals surface area contributed by atoms with Crippen molar-refractivity contribution < 1.29 is 14.3 Å². The smallest absolute Gasteiger partial charge is 0.407 e. The van der Waals surface area contributed by atoms with Crippen LogP contribution in [0.2, 0.25) is 0 Å². The molecule has 1 amide bonds. The molecule has 0 radical (unpaired) electrons. The number of thiol groups is 1. The number of carbonyl (C=O) groups excluding carboxylic acids is 1. The van der Waals surface area contributed by atoms with Crippen molar-refractivity contribution in [3.63, 3.8) is 0 Å². The zero-order valence-electron chi connectivity index (χ0n) is 15.6. The first kappa shape index (κ1) is 21.4. The van der Waals surface area contributed by atoms with E-state index in [1.807, 2.05) is 58.2 Å². The average Bonchev–Trinajstić information content (AvgIpc) is 2.55. The number of alkyl carbamates (subject to hydrolysis) is 1. The Morgan fingerprint density at radius 3 is 2.56 bits per heavy atom. The van der Waals surface area contributed by atoms with Crippen molar-refractivity contribution in [1.29, 1.82) is 0 Å². The van der Waals surface area contributed by atoms with Gasteiger partial charge in [-0.1, -0.05) is 30.3 Å². The van der Waals surface area contributed by atoms with Crippen LogP contribution < -0.4 is 5.32 Å². The maximum absolute atomic E-state index is 11.6. The molecule has 0 fully saturated rings. The Morgan fingerprint density at radius 1 is 1.28 bits per heavy atom. The number of hydrogen-bond donors (Lipinski definition) is 2. The number of amides is 1. The van der Waals surface area contributed by atoms with Crippen LogP contribution in [-0.2, 0) is 16.1 Å². The topological polar surface area (TPSA) is 50.8 Å². The number of carbonyl (C=O) groups is 1. The molecular formula is C19H30N2O3S. The lowest BCUT2D eigenvalue weighted by molar-refractivity contribution is 0.0526. The fourth-order valence-electron chi connectivity index (χ4n) is 2.06. The van der Waals surface area contributed by atoms with E-state index in [0.717, 1.165) is 24.2 Å². The van der Waals surface area contributed by atoms with Crippen molar-refractivity contribution in [1.82, 2.24) is 10.2 Å². The molecule has 1 aromatic rings. The van der Waals surface area contributed by atoms with Crippen LogP contribution in [0.5, 0.6) is 0 Å². The molecule has 25 heavy (non-hydrogen) atoms. The molecule has 6 heteroatoms. The maximum Gasteiger partial charge on any atom is 0.407 e. The summed E-state index contributed by atoms with van der Waals surface area (Å²) >= 11 is 4.27. The molecule has 0 unspecified atom stereocenters. The van der Waals surface area contributed by atoms with E-state index >= 15 is 0 Å². The van der Waals surface area contributed by atoms with Gasteiger partial charge in [0, 0.05) is 25.8 Å². The Kier molecular flexibility index (Phi) is 9.45. The molecule has 0 heterocycles. The minimum absolute atomic E-state index is 0.383. The number of nitrogens with one attached hydrogen (secondary N) is 1. The van der Waals surface area contributed by atoms with E-state index in [1.165, 1.54) is 0 Å². The quantitative estimate of drug-likeness (QED) is 0.515. The predicted molar refractivity (Wildman–Crippen MR) is 105 cm³/mol. The highest BCUT2D eigenvalue weighted by atomic mass is 32.1. The lowest BCUT2D eigenvalue weighted by Crippen LogP contribution is -2.34. The SMILES string of the molecule is CN(CCCNC(=O)OC(C)(C)C)/C(=C\S)COCc1ccccc1. The summed E-state index contributed by atoms with van der Waals surface area (Å²) in [6.45, 7) is 7.95. The number of nitrogens with zero attached hydrogens (tertiary/aromatic N) is 1. The van der Waals surface area contributed by atoms with Crippen LogP contribution in [0.1, 0.15) is 32.8 Å². The van der Waals surface area contributed by atoms with Crippen LogP contribution >= 0.6 is 12.6 Å². The maximum atomic E-state index is 11.6. The second-order valence-corrected chi connectivity index (χ2v) is 7.06. The standard InChI is InChI=1S/C19H30N2O3S/c1-19(2,3)24-18(22)20-11-8-12-21(4)17(15-25)14-23-13-16-9-6-5-7-10-16/h5-7,9-10,15,25H,8,11-14H2,1-4H3,(H,20,22)/b17-15-. The van der Waals surface area contributed by atoms with Gasteiger partial charge in [-0.2, -0.15) is 0 Å². The van der Waals surface area contributed by atoms with Gasteiger partial charge < -0.3 is 19.7 Å². The van der Waals surface area contributed by atoms with Gasteiger partial charge in [0.1, 0.15) is 5.60 Å². The lowest BCUT2D eigenvalue weighted by Gasteiger charge is -2.23. The zero-order valence-corrected chi connectivity index (χ0v) is 16.5.